The molecule has 0 aromatic heterocycles. The van der Waals surface area contributed by atoms with Gasteiger partial charge < -0.3 is 10.8 Å². The number of primary amides is 1. The molecule has 3 N–H and O–H groups in total. The van der Waals surface area contributed by atoms with Crippen LogP contribution in [0.2, 0.25) is 0 Å². The van der Waals surface area contributed by atoms with E-state index in [0.29, 0.717) is 0 Å². The number of rotatable bonds is 3. The summed E-state index contributed by atoms with van der Waals surface area (Å²) in [6.45, 7) is 0. The van der Waals surface area contributed by atoms with Crippen molar-refractivity contribution in [2.24, 2.45) is 5.73 Å². The molecule has 0 aliphatic carbocycles. The van der Waals surface area contributed by atoms with Crippen LogP contribution in [0.5, 0.6) is 5.75 Å². The molecule has 2 aromatic carbocycles. The van der Waals surface area contributed by atoms with Crippen LogP contribution in [-0.4, -0.2) is 11.0 Å². The lowest BCUT2D eigenvalue weighted by molar-refractivity contribution is 0.0997. The highest BCUT2D eigenvalue weighted by molar-refractivity contribution is 5.97. The number of phenols is 1. The molecular formula is C15H12FNO2. The molecule has 0 radical (unpaired) electrons. The molecule has 0 heterocycles. The van der Waals surface area contributed by atoms with E-state index in [-0.39, 0.29) is 16.9 Å². The minimum Gasteiger partial charge on any atom is -0.506 e. The maximum Gasteiger partial charge on any atom is 0.252 e. The van der Waals surface area contributed by atoms with E-state index < -0.39 is 11.7 Å². The second-order valence-corrected chi connectivity index (χ2v) is 4.00. The van der Waals surface area contributed by atoms with Crippen molar-refractivity contribution in [3.05, 3.63) is 65.0 Å². The molecule has 1 amide bonds. The lowest BCUT2D eigenvalue weighted by Gasteiger charge is -2.04. The number of amides is 1. The quantitative estimate of drug-likeness (QED) is 0.830. The average Bonchev–Trinajstić information content (AvgIpc) is 2.40. The Hall–Kier alpha value is -2.62. The number of carbonyl (C=O) groups is 1. The van der Waals surface area contributed by atoms with E-state index >= 15 is 0 Å². The second-order valence-electron chi connectivity index (χ2n) is 4.00. The van der Waals surface area contributed by atoms with Gasteiger partial charge in [-0.3, -0.25) is 4.79 Å². The highest BCUT2D eigenvalue weighted by atomic mass is 19.1. The van der Waals surface area contributed by atoms with Crippen LogP contribution in [0.1, 0.15) is 21.5 Å². The molecule has 0 atom stereocenters. The van der Waals surface area contributed by atoms with Crippen molar-refractivity contribution in [3.63, 3.8) is 0 Å². The molecule has 0 saturated heterocycles. The van der Waals surface area contributed by atoms with Gasteiger partial charge in [-0.25, -0.2) is 4.39 Å². The SMILES string of the molecule is NC(=O)c1cc(F)cc(/C=C/c2ccccc2)c1O. The number of halogens is 1. The third kappa shape index (κ3) is 2.98. The van der Waals surface area contributed by atoms with Crippen LogP contribution in [0.4, 0.5) is 4.39 Å². The molecule has 3 nitrogen and oxygen atoms in total. The average molecular weight is 257 g/mol. The second kappa shape index (κ2) is 5.35. The van der Waals surface area contributed by atoms with Crippen molar-refractivity contribution in [1.29, 1.82) is 0 Å². The van der Waals surface area contributed by atoms with E-state index in [4.69, 9.17) is 5.73 Å². The Bertz CT molecular complexity index is 636. The first-order chi connectivity index (χ1) is 9.08. The van der Waals surface area contributed by atoms with Crippen LogP contribution < -0.4 is 5.73 Å². The molecule has 4 heteroatoms. The van der Waals surface area contributed by atoms with Gasteiger partial charge in [0.05, 0.1) is 5.56 Å². The summed E-state index contributed by atoms with van der Waals surface area (Å²) in [5.74, 6) is -1.81. The maximum atomic E-state index is 13.3. The fraction of sp³-hybridized carbons (Fsp3) is 0. The highest BCUT2D eigenvalue weighted by Crippen LogP contribution is 2.25. The van der Waals surface area contributed by atoms with Gasteiger partial charge in [-0.05, 0) is 17.7 Å². The summed E-state index contributed by atoms with van der Waals surface area (Å²) in [6.07, 6.45) is 3.24. The molecule has 0 saturated carbocycles. The number of benzene rings is 2. The van der Waals surface area contributed by atoms with Crippen LogP contribution in [0.3, 0.4) is 0 Å². The van der Waals surface area contributed by atoms with E-state index in [1.165, 1.54) is 6.08 Å². The summed E-state index contributed by atoms with van der Waals surface area (Å²) in [7, 11) is 0. The van der Waals surface area contributed by atoms with Crippen molar-refractivity contribution >= 4 is 18.1 Å². The van der Waals surface area contributed by atoms with Crippen LogP contribution in [-0.2, 0) is 0 Å². The van der Waals surface area contributed by atoms with Gasteiger partial charge >= 0.3 is 0 Å². The number of hydrogen-bond donors (Lipinski definition) is 2. The zero-order chi connectivity index (χ0) is 13.8. The van der Waals surface area contributed by atoms with Crippen molar-refractivity contribution in [2.45, 2.75) is 0 Å². The summed E-state index contributed by atoms with van der Waals surface area (Å²) < 4.78 is 13.3. The summed E-state index contributed by atoms with van der Waals surface area (Å²) in [4.78, 5) is 11.1. The first kappa shape index (κ1) is 12.8. The maximum absolute atomic E-state index is 13.3. The Labute approximate surface area is 109 Å². The third-order valence-electron chi connectivity index (χ3n) is 2.62. The number of nitrogens with two attached hydrogens (primary N) is 1. The van der Waals surface area contributed by atoms with E-state index in [9.17, 15) is 14.3 Å². The van der Waals surface area contributed by atoms with Crippen LogP contribution in [0, 0.1) is 5.82 Å². The molecule has 96 valence electrons. The molecule has 0 aliphatic rings. The Kier molecular flexibility index (Phi) is 3.61. The third-order valence-corrected chi connectivity index (χ3v) is 2.62. The molecule has 0 bridgehead atoms. The van der Waals surface area contributed by atoms with Gasteiger partial charge in [-0.15, -0.1) is 0 Å². The summed E-state index contributed by atoms with van der Waals surface area (Å²) in [5.41, 5.74) is 5.94. The monoisotopic (exact) mass is 257 g/mol. The lowest BCUT2D eigenvalue weighted by Crippen LogP contribution is -2.11. The fourth-order valence-electron chi connectivity index (χ4n) is 1.69. The minimum atomic E-state index is -0.869. The standard InChI is InChI=1S/C15H12FNO2/c16-12-8-11(14(18)13(9-12)15(17)19)7-6-10-4-2-1-3-5-10/h1-9,18H,(H2,17,19)/b7-6+. The van der Waals surface area contributed by atoms with E-state index in [0.717, 1.165) is 17.7 Å². The molecule has 0 unspecified atom stereocenters. The number of aromatic hydroxyl groups is 1. The van der Waals surface area contributed by atoms with Gasteiger partial charge in [-0.2, -0.15) is 0 Å². The van der Waals surface area contributed by atoms with Gasteiger partial charge in [0.15, 0.2) is 0 Å². The van der Waals surface area contributed by atoms with Gasteiger partial charge in [0.25, 0.3) is 5.91 Å². The normalized spacial score (nSPS) is 10.8. The van der Waals surface area contributed by atoms with Crippen LogP contribution in [0.15, 0.2) is 42.5 Å². The largest absolute Gasteiger partial charge is 0.506 e. The van der Waals surface area contributed by atoms with Gasteiger partial charge in [-0.1, -0.05) is 42.5 Å². The Balaban J connectivity index is 2.41. The van der Waals surface area contributed by atoms with E-state index in [1.54, 1.807) is 6.08 Å². The topological polar surface area (TPSA) is 63.3 Å². The molecule has 19 heavy (non-hydrogen) atoms. The Morgan fingerprint density at radius 3 is 2.47 bits per heavy atom. The van der Waals surface area contributed by atoms with Crippen molar-refractivity contribution in [2.75, 3.05) is 0 Å². The van der Waals surface area contributed by atoms with Crippen molar-refractivity contribution in [1.82, 2.24) is 0 Å². The lowest BCUT2D eigenvalue weighted by atomic mass is 10.1. The first-order valence-electron chi connectivity index (χ1n) is 5.63. The van der Waals surface area contributed by atoms with Crippen LogP contribution in [0.25, 0.3) is 12.2 Å². The minimum absolute atomic E-state index is 0.206. The molecule has 0 fully saturated rings. The van der Waals surface area contributed by atoms with Crippen molar-refractivity contribution in [3.8, 4) is 5.75 Å². The van der Waals surface area contributed by atoms with Gasteiger partial charge in [0, 0.05) is 5.56 Å². The molecular weight excluding hydrogens is 245 g/mol. The fourth-order valence-corrected chi connectivity index (χ4v) is 1.69. The number of carbonyl (C=O) groups excluding carboxylic acids is 1. The van der Waals surface area contributed by atoms with E-state index in [2.05, 4.69) is 0 Å². The first-order valence-corrected chi connectivity index (χ1v) is 5.63. The molecule has 2 aromatic rings. The molecule has 2 rings (SSSR count). The zero-order valence-electron chi connectivity index (χ0n) is 10.0. The summed E-state index contributed by atoms with van der Waals surface area (Å²) >= 11 is 0. The smallest absolute Gasteiger partial charge is 0.252 e. The Morgan fingerprint density at radius 2 is 1.84 bits per heavy atom. The Morgan fingerprint density at radius 1 is 1.16 bits per heavy atom. The predicted octanol–water partition coefficient (Wildman–Crippen LogP) is 2.80. The predicted molar refractivity (Wildman–Crippen MR) is 72.0 cm³/mol. The van der Waals surface area contributed by atoms with Gasteiger partial charge in [0.1, 0.15) is 11.6 Å². The van der Waals surface area contributed by atoms with Gasteiger partial charge in [0.2, 0.25) is 0 Å². The number of hydrogen-bond acceptors (Lipinski definition) is 2. The highest BCUT2D eigenvalue weighted by Gasteiger charge is 2.12. The summed E-state index contributed by atoms with van der Waals surface area (Å²) in [6, 6.07) is 11.4. The van der Waals surface area contributed by atoms with Crippen molar-refractivity contribution < 1.29 is 14.3 Å². The molecule has 0 spiro atoms. The summed E-state index contributed by atoms with van der Waals surface area (Å²) in [5, 5.41) is 9.84. The molecule has 0 aliphatic heterocycles. The van der Waals surface area contributed by atoms with Crippen LogP contribution >= 0.6 is 0 Å². The zero-order valence-corrected chi connectivity index (χ0v) is 10.0. The van der Waals surface area contributed by atoms with E-state index in [1.807, 2.05) is 30.3 Å².